The van der Waals surface area contributed by atoms with Crippen molar-refractivity contribution in [2.24, 2.45) is 7.05 Å². The number of amides is 1. The summed E-state index contributed by atoms with van der Waals surface area (Å²) < 4.78 is 30.8. The van der Waals surface area contributed by atoms with Crippen molar-refractivity contribution in [3.05, 3.63) is 45.5 Å². The molecule has 6 nitrogen and oxygen atoms in total. The molecular weight excluding hydrogens is 430 g/mol. The number of rotatable bonds is 5. The van der Waals surface area contributed by atoms with Crippen LogP contribution in [0.5, 0.6) is 5.75 Å². The van der Waals surface area contributed by atoms with Crippen LogP contribution in [0.25, 0.3) is 11.3 Å². The quantitative estimate of drug-likeness (QED) is 0.632. The first-order valence-corrected chi connectivity index (χ1v) is 9.03. The van der Waals surface area contributed by atoms with E-state index in [1.165, 1.54) is 28.2 Å². The summed E-state index contributed by atoms with van der Waals surface area (Å²) in [5, 5.41) is 9.10. The summed E-state index contributed by atoms with van der Waals surface area (Å²) in [4.78, 5) is 16.8. The summed E-state index contributed by atoms with van der Waals surface area (Å²) in [6, 6.07) is 6.13. The maximum Gasteiger partial charge on any atom is 0.387 e. The molecule has 1 aromatic carbocycles. The second kappa shape index (κ2) is 7.50. The first kappa shape index (κ1) is 18.5. The van der Waals surface area contributed by atoms with Crippen molar-refractivity contribution in [2.45, 2.75) is 13.5 Å². The van der Waals surface area contributed by atoms with Gasteiger partial charge in [-0.3, -0.25) is 14.8 Å². The van der Waals surface area contributed by atoms with Crippen LogP contribution in [-0.4, -0.2) is 27.3 Å². The second-order valence-electron chi connectivity index (χ2n) is 5.27. The Kier molecular flexibility index (Phi) is 5.33. The lowest BCUT2D eigenvalue weighted by molar-refractivity contribution is -0.0498. The minimum atomic E-state index is -2.86. The van der Waals surface area contributed by atoms with Gasteiger partial charge in [-0.2, -0.15) is 13.9 Å². The summed E-state index contributed by atoms with van der Waals surface area (Å²) in [5.41, 5.74) is 2.45. The number of ether oxygens (including phenoxy) is 1. The Morgan fingerprint density at radius 1 is 1.35 bits per heavy atom. The third-order valence-electron chi connectivity index (χ3n) is 3.46. The van der Waals surface area contributed by atoms with Gasteiger partial charge in [0.15, 0.2) is 5.13 Å². The molecule has 0 aliphatic carbocycles. The van der Waals surface area contributed by atoms with Crippen LogP contribution in [0.15, 0.2) is 34.1 Å². The van der Waals surface area contributed by atoms with Crippen molar-refractivity contribution >= 4 is 38.3 Å². The zero-order valence-corrected chi connectivity index (χ0v) is 16.1. The van der Waals surface area contributed by atoms with Crippen LogP contribution in [0.3, 0.4) is 0 Å². The number of carbonyl (C=O) groups excluding carboxylic acids is 1. The number of alkyl halides is 2. The van der Waals surface area contributed by atoms with E-state index in [9.17, 15) is 13.6 Å². The highest BCUT2D eigenvalue weighted by Gasteiger charge is 2.19. The Morgan fingerprint density at radius 3 is 2.62 bits per heavy atom. The number of hydrogen-bond donors (Lipinski definition) is 1. The van der Waals surface area contributed by atoms with Crippen LogP contribution in [0, 0.1) is 6.92 Å². The Bertz CT molecular complexity index is 940. The number of carbonyl (C=O) groups is 1. The topological polar surface area (TPSA) is 69.0 Å². The molecule has 10 heteroatoms. The van der Waals surface area contributed by atoms with Crippen molar-refractivity contribution in [3.63, 3.8) is 0 Å². The van der Waals surface area contributed by atoms with Crippen molar-refractivity contribution in [1.82, 2.24) is 14.8 Å². The Balaban J connectivity index is 1.74. The molecule has 0 spiro atoms. The molecule has 0 unspecified atom stereocenters. The van der Waals surface area contributed by atoms with E-state index < -0.39 is 6.61 Å². The average molecular weight is 443 g/mol. The lowest BCUT2D eigenvalue weighted by Crippen LogP contribution is -2.16. The van der Waals surface area contributed by atoms with Gasteiger partial charge in [0.2, 0.25) is 0 Å². The van der Waals surface area contributed by atoms with Crippen LogP contribution in [-0.2, 0) is 7.05 Å². The molecule has 0 fully saturated rings. The summed E-state index contributed by atoms with van der Waals surface area (Å²) in [7, 11) is 1.68. The van der Waals surface area contributed by atoms with Gasteiger partial charge in [-0.25, -0.2) is 4.98 Å². The van der Waals surface area contributed by atoms with Crippen LogP contribution < -0.4 is 10.1 Å². The van der Waals surface area contributed by atoms with Gasteiger partial charge >= 0.3 is 6.61 Å². The molecule has 0 saturated heterocycles. The normalized spacial score (nSPS) is 11.0. The first-order chi connectivity index (χ1) is 12.3. The summed E-state index contributed by atoms with van der Waals surface area (Å²) in [5.74, 6) is -0.259. The van der Waals surface area contributed by atoms with Crippen LogP contribution in [0.1, 0.15) is 16.2 Å². The number of anilines is 1. The Labute approximate surface area is 159 Å². The molecule has 0 bridgehead atoms. The van der Waals surface area contributed by atoms with Gasteiger partial charge in [0, 0.05) is 18.0 Å². The van der Waals surface area contributed by atoms with Crippen LogP contribution >= 0.6 is 27.3 Å². The van der Waals surface area contributed by atoms with Crippen molar-refractivity contribution in [1.29, 1.82) is 0 Å². The van der Waals surface area contributed by atoms with Crippen LogP contribution in [0.4, 0.5) is 13.9 Å². The summed E-state index contributed by atoms with van der Waals surface area (Å²) in [6.45, 7) is -1.07. The van der Waals surface area contributed by atoms with E-state index in [1.807, 2.05) is 0 Å². The molecule has 3 rings (SSSR count). The number of thiazole rings is 1. The lowest BCUT2D eigenvalue weighted by Gasteiger charge is -2.04. The highest BCUT2D eigenvalue weighted by Crippen LogP contribution is 2.28. The molecule has 1 amide bonds. The third kappa shape index (κ3) is 3.91. The number of nitrogens with one attached hydrogen (secondary N) is 1. The second-order valence-corrected chi connectivity index (χ2v) is 6.92. The van der Waals surface area contributed by atoms with Gasteiger partial charge in [0.25, 0.3) is 5.91 Å². The van der Waals surface area contributed by atoms with Gasteiger partial charge in [0.1, 0.15) is 11.4 Å². The molecule has 0 aliphatic heterocycles. The van der Waals surface area contributed by atoms with Gasteiger partial charge in [-0.1, -0.05) is 0 Å². The molecule has 1 N–H and O–H groups in total. The van der Waals surface area contributed by atoms with E-state index in [0.717, 1.165) is 5.56 Å². The van der Waals surface area contributed by atoms with Crippen molar-refractivity contribution in [3.8, 4) is 17.0 Å². The smallest absolute Gasteiger partial charge is 0.387 e. The van der Waals surface area contributed by atoms with Gasteiger partial charge in [-0.05, 0) is 47.1 Å². The van der Waals surface area contributed by atoms with E-state index in [4.69, 9.17) is 0 Å². The molecular formula is C16H13BrF2N4O2S. The zero-order chi connectivity index (χ0) is 18.8. The molecule has 3 aromatic rings. The number of hydrogen-bond acceptors (Lipinski definition) is 5. The fourth-order valence-electron chi connectivity index (χ4n) is 2.31. The maximum atomic E-state index is 12.4. The first-order valence-electron chi connectivity index (χ1n) is 7.36. The van der Waals surface area contributed by atoms with E-state index in [-0.39, 0.29) is 11.7 Å². The summed E-state index contributed by atoms with van der Waals surface area (Å²) >= 11 is 4.62. The predicted molar refractivity (Wildman–Crippen MR) is 97.8 cm³/mol. The van der Waals surface area contributed by atoms with Crippen molar-refractivity contribution < 1.29 is 18.3 Å². The highest BCUT2D eigenvalue weighted by atomic mass is 79.9. The van der Waals surface area contributed by atoms with Gasteiger partial charge < -0.3 is 4.74 Å². The highest BCUT2D eigenvalue weighted by molar-refractivity contribution is 9.10. The Hall–Kier alpha value is -2.33. The number of benzene rings is 1. The standard InChI is InChI=1S/C16H13BrF2N4O2S/c1-8-12(17)13(23(2)22-8)14(24)21-16-20-11(7-26-16)9-3-5-10(6-4-9)25-15(18)19/h3-7,15H,1-2H3,(H,20,21,24). The largest absolute Gasteiger partial charge is 0.435 e. The minimum Gasteiger partial charge on any atom is -0.435 e. The minimum absolute atomic E-state index is 0.0731. The molecule has 26 heavy (non-hydrogen) atoms. The summed E-state index contributed by atoms with van der Waals surface area (Å²) in [6.07, 6.45) is 0. The fraction of sp³-hybridized carbons (Fsp3) is 0.188. The predicted octanol–water partition coefficient (Wildman–Crippen LogP) is 4.47. The maximum absolute atomic E-state index is 12.4. The average Bonchev–Trinajstić information content (AvgIpc) is 3.12. The molecule has 0 aliphatic rings. The monoisotopic (exact) mass is 442 g/mol. The van der Waals surface area contributed by atoms with Gasteiger partial charge in [0.05, 0.1) is 15.9 Å². The molecule has 136 valence electrons. The molecule has 0 radical (unpaired) electrons. The van der Waals surface area contributed by atoms with E-state index >= 15 is 0 Å². The molecule has 0 atom stereocenters. The molecule has 0 saturated carbocycles. The van der Waals surface area contributed by atoms with E-state index in [1.54, 1.807) is 31.5 Å². The lowest BCUT2D eigenvalue weighted by atomic mass is 10.2. The molecule has 2 aromatic heterocycles. The van der Waals surface area contributed by atoms with Crippen LogP contribution in [0.2, 0.25) is 0 Å². The number of aryl methyl sites for hydroxylation is 2. The van der Waals surface area contributed by atoms with Gasteiger partial charge in [-0.15, -0.1) is 11.3 Å². The third-order valence-corrected chi connectivity index (χ3v) is 5.17. The number of halogens is 3. The number of nitrogens with zero attached hydrogens (tertiary/aromatic N) is 3. The SMILES string of the molecule is Cc1nn(C)c(C(=O)Nc2nc(-c3ccc(OC(F)F)cc3)cs2)c1Br. The van der Waals surface area contributed by atoms with Crippen molar-refractivity contribution in [2.75, 3.05) is 5.32 Å². The van der Waals surface area contributed by atoms with E-state index in [0.29, 0.717) is 26.7 Å². The Morgan fingerprint density at radius 2 is 2.04 bits per heavy atom. The van der Waals surface area contributed by atoms with E-state index in [2.05, 4.69) is 36.1 Å². The number of aromatic nitrogens is 3. The molecule has 2 heterocycles. The zero-order valence-electron chi connectivity index (χ0n) is 13.7. The fourth-order valence-corrected chi connectivity index (χ4v) is 3.54.